The fourth-order valence-corrected chi connectivity index (χ4v) is 1.80. The van der Waals surface area contributed by atoms with E-state index in [4.69, 9.17) is 5.73 Å². The van der Waals surface area contributed by atoms with Gasteiger partial charge in [-0.3, -0.25) is 4.79 Å². The van der Waals surface area contributed by atoms with E-state index in [0.717, 1.165) is 16.3 Å². The predicted molar refractivity (Wildman–Crippen MR) is 65.1 cm³/mol. The van der Waals surface area contributed by atoms with Gasteiger partial charge in [0.2, 0.25) is 5.91 Å². The molecule has 1 amide bonds. The number of nitrogens with one attached hydrogen (secondary N) is 1. The Morgan fingerprint density at radius 3 is 2.93 bits per heavy atom. The molecule has 4 heteroatoms. The van der Waals surface area contributed by atoms with Gasteiger partial charge in [-0.1, -0.05) is 13.0 Å². The maximum Gasteiger partial charge on any atom is 0.240 e. The minimum absolute atomic E-state index is 0.159. The largest absolute Gasteiger partial charge is 0.325 e. The first-order valence-electron chi connectivity index (χ1n) is 4.92. The molecule has 0 unspecified atom stereocenters. The van der Waals surface area contributed by atoms with Crippen LogP contribution in [0.4, 0.5) is 5.69 Å². The lowest BCUT2D eigenvalue weighted by Crippen LogP contribution is -2.32. The number of benzene rings is 1. The summed E-state index contributed by atoms with van der Waals surface area (Å²) >= 11 is 1.74. The summed E-state index contributed by atoms with van der Waals surface area (Å²) in [6.07, 6.45) is 0. The molecule has 1 atom stereocenters. The normalized spacial score (nSPS) is 12.2. The standard InChI is InChI=1S/C11H16N2OS/c1-3-15-10-6-4-5-9(7-10)13-11(14)8(2)12/h4-8H,3,12H2,1-2H3,(H,13,14)/t8-/m0/s1. The number of carbonyl (C=O) groups is 1. The first kappa shape index (κ1) is 12.1. The number of anilines is 1. The summed E-state index contributed by atoms with van der Waals surface area (Å²) in [5.41, 5.74) is 6.26. The van der Waals surface area contributed by atoms with Crippen LogP contribution in [0.2, 0.25) is 0 Å². The molecule has 0 heterocycles. The summed E-state index contributed by atoms with van der Waals surface area (Å²) in [7, 11) is 0. The number of carbonyl (C=O) groups excluding carboxylic acids is 1. The van der Waals surface area contributed by atoms with Crippen molar-refractivity contribution in [1.29, 1.82) is 0 Å². The highest BCUT2D eigenvalue weighted by Crippen LogP contribution is 2.21. The number of nitrogens with two attached hydrogens (primary N) is 1. The molecule has 1 aromatic rings. The average molecular weight is 224 g/mol. The molecule has 1 rings (SSSR count). The zero-order valence-corrected chi connectivity index (χ0v) is 9.80. The highest BCUT2D eigenvalue weighted by Gasteiger charge is 2.07. The molecule has 1 aromatic carbocycles. The highest BCUT2D eigenvalue weighted by atomic mass is 32.2. The molecular weight excluding hydrogens is 208 g/mol. The Balaban J connectivity index is 2.69. The minimum atomic E-state index is -0.479. The fourth-order valence-electron chi connectivity index (χ4n) is 1.09. The van der Waals surface area contributed by atoms with E-state index < -0.39 is 6.04 Å². The van der Waals surface area contributed by atoms with Gasteiger partial charge in [0, 0.05) is 10.6 Å². The van der Waals surface area contributed by atoms with Gasteiger partial charge in [0.15, 0.2) is 0 Å². The Hall–Kier alpha value is -1.00. The van der Waals surface area contributed by atoms with Crippen molar-refractivity contribution in [3.8, 4) is 0 Å². The van der Waals surface area contributed by atoms with Gasteiger partial charge in [0.1, 0.15) is 0 Å². The summed E-state index contributed by atoms with van der Waals surface area (Å²) in [5, 5.41) is 2.76. The average Bonchev–Trinajstić information content (AvgIpc) is 2.18. The van der Waals surface area contributed by atoms with Crippen LogP contribution in [0, 0.1) is 0 Å². The van der Waals surface area contributed by atoms with E-state index >= 15 is 0 Å². The molecule has 15 heavy (non-hydrogen) atoms. The molecule has 0 aliphatic heterocycles. The van der Waals surface area contributed by atoms with Gasteiger partial charge in [0.25, 0.3) is 0 Å². The van der Waals surface area contributed by atoms with Crippen molar-refractivity contribution in [3.05, 3.63) is 24.3 Å². The summed E-state index contributed by atoms with van der Waals surface area (Å²) in [6, 6.07) is 7.28. The van der Waals surface area contributed by atoms with E-state index in [-0.39, 0.29) is 5.91 Å². The van der Waals surface area contributed by atoms with Crippen molar-refractivity contribution in [3.63, 3.8) is 0 Å². The molecular formula is C11H16N2OS. The van der Waals surface area contributed by atoms with Crippen molar-refractivity contribution in [2.45, 2.75) is 24.8 Å². The molecule has 0 spiro atoms. The van der Waals surface area contributed by atoms with E-state index in [2.05, 4.69) is 12.2 Å². The molecule has 0 bridgehead atoms. The van der Waals surface area contributed by atoms with Crippen LogP contribution in [0.3, 0.4) is 0 Å². The zero-order chi connectivity index (χ0) is 11.3. The third kappa shape index (κ3) is 3.93. The van der Waals surface area contributed by atoms with Crippen molar-refractivity contribution >= 4 is 23.4 Å². The Labute approximate surface area is 94.4 Å². The number of hydrogen-bond acceptors (Lipinski definition) is 3. The van der Waals surface area contributed by atoms with Crippen LogP contribution in [0.25, 0.3) is 0 Å². The third-order valence-electron chi connectivity index (χ3n) is 1.83. The molecule has 3 nitrogen and oxygen atoms in total. The van der Waals surface area contributed by atoms with E-state index in [1.807, 2.05) is 24.3 Å². The second-order valence-electron chi connectivity index (χ2n) is 3.24. The molecule has 0 radical (unpaired) electrons. The fraction of sp³-hybridized carbons (Fsp3) is 0.364. The number of hydrogen-bond donors (Lipinski definition) is 2. The maximum absolute atomic E-state index is 11.3. The van der Waals surface area contributed by atoms with Crippen LogP contribution >= 0.6 is 11.8 Å². The van der Waals surface area contributed by atoms with Crippen LogP contribution in [0.15, 0.2) is 29.2 Å². The zero-order valence-electron chi connectivity index (χ0n) is 8.99. The molecule has 0 saturated carbocycles. The van der Waals surface area contributed by atoms with Gasteiger partial charge >= 0.3 is 0 Å². The quantitative estimate of drug-likeness (QED) is 0.770. The Kier molecular flexibility index (Phi) is 4.65. The van der Waals surface area contributed by atoms with Crippen LogP contribution in [0.5, 0.6) is 0 Å². The molecule has 0 aliphatic rings. The summed E-state index contributed by atoms with van der Waals surface area (Å²) < 4.78 is 0. The molecule has 3 N–H and O–H groups in total. The SMILES string of the molecule is CCSc1cccc(NC(=O)[C@H](C)N)c1. The van der Waals surface area contributed by atoms with Crippen LogP contribution in [0.1, 0.15) is 13.8 Å². The lowest BCUT2D eigenvalue weighted by molar-refractivity contribution is -0.117. The number of rotatable bonds is 4. The lowest BCUT2D eigenvalue weighted by atomic mass is 10.3. The first-order valence-corrected chi connectivity index (χ1v) is 5.91. The van der Waals surface area contributed by atoms with E-state index in [1.165, 1.54) is 0 Å². The Morgan fingerprint density at radius 1 is 1.60 bits per heavy atom. The van der Waals surface area contributed by atoms with Crippen molar-refractivity contribution in [2.24, 2.45) is 5.73 Å². The van der Waals surface area contributed by atoms with E-state index in [0.29, 0.717) is 0 Å². The van der Waals surface area contributed by atoms with Gasteiger partial charge in [-0.2, -0.15) is 0 Å². The van der Waals surface area contributed by atoms with Gasteiger partial charge < -0.3 is 11.1 Å². The van der Waals surface area contributed by atoms with E-state index in [1.54, 1.807) is 18.7 Å². The van der Waals surface area contributed by atoms with Gasteiger partial charge in [0.05, 0.1) is 6.04 Å². The van der Waals surface area contributed by atoms with Gasteiger partial charge in [-0.05, 0) is 30.9 Å². The van der Waals surface area contributed by atoms with Crippen LogP contribution in [-0.2, 0) is 4.79 Å². The number of amides is 1. The topological polar surface area (TPSA) is 55.1 Å². The Bertz CT molecular complexity index is 339. The molecule has 0 aromatic heterocycles. The van der Waals surface area contributed by atoms with Crippen molar-refractivity contribution in [1.82, 2.24) is 0 Å². The highest BCUT2D eigenvalue weighted by molar-refractivity contribution is 7.99. The van der Waals surface area contributed by atoms with Gasteiger partial charge in [-0.25, -0.2) is 0 Å². The smallest absolute Gasteiger partial charge is 0.240 e. The van der Waals surface area contributed by atoms with Crippen LogP contribution < -0.4 is 11.1 Å². The summed E-state index contributed by atoms with van der Waals surface area (Å²) in [6.45, 7) is 3.76. The van der Waals surface area contributed by atoms with Crippen molar-refractivity contribution < 1.29 is 4.79 Å². The van der Waals surface area contributed by atoms with E-state index in [9.17, 15) is 4.79 Å². The van der Waals surface area contributed by atoms with Crippen molar-refractivity contribution in [2.75, 3.05) is 11.1 Å². The Morgan fingerprint density at radius 2 is 2.33 bits per heavy atom. The molecule has 82 valence electrons. The summed E-state index contributed by atoms with van der Waals surface area (Å²) in [4.78, 5) is 12.5. The second kappa shape index (κ2) is 5.78. The van der Waals surface area contributed by atoms with Gasteiger partial charge in [-0.15, -0.1) is 11.8 Å². The summed E-state index contributed by atoms with van der Waals surface area (Å²) in [5.74, 6) is 0.860. The monoisotopic (exact) mass is 224 g/mol. The molecule has 0 aliphatic carbocycles. The molecule has 0 fully saturated rings. The van der Waals surface area contributed by atoms with Crippen LogP contribution in [-0.4, -0.2) is 17.7 Å². The predicted octanol–water partition coefficient (Wildman–Crippen LogP) is 2.08. The third-order valence-corrected chi connectivity index (χ3v) is 2.70. The maximum atomic E-state index is 11.3. The number of thioether (sulfide) groups is 1. The minimum Gasteiger partial charge on any atom is -0.325 e. The second-order valence-corrected chi connectivity index (χ2v) is 4.58. The lowest BCUT2D eigenvalue weighted by Gasteiger charge is -2.08. The molecule has 0 saturated heterocycles. The first-order chi connectivity index (χ1) is 7.13.